The maximum atomic E-state index is 5.83. The molecular formula is C21H19BrO. The highest BCUT2D eigenvalue weighted by atomic mass is 79.9. The van der Waals surface area contributed by atoms with Crippen LogP contribution >= 0.6 is 15.9 Å². The lowest BCUT2D eigenvalue weighted by molar-refractivity contribution is 0.306. The second kappa shape index (κ2) is 7.47. The molecule has 0 aliphatic rings. The normalized spacial score (nSPS) is 10.5. The van der Waals surface area contributed by atoms with Crippen molar-refractivity contribution in [1.82, 2.24) is 0 Å². The third-order valence-electron chi connectivity index (χ3n) is 3.87. The average molecular weight is 367 g/mol. The van der Waals surface area contributed by atoms with Crippen molar-refractivity contribution in [3.63, 3.8) is 0 Å². The topological polar surface area (TPSA) is 9.23 Å². The third-order valence-corrected chi connectivity index (χ3v) is 4.36. The predicted molar refractivity (Wildman–Crippen MR) is 98.9 cm³/mol. The van der Waals surface area contributed by atoms with Gasteiger partial charge in [0.05, 0.1) is 0 Å². The van der Waals surface area contributed by atoms with Crippen LogP contribution in [0.4, 0.5) is 0 Å². The zero-order chi connectivity index (χ0) is 16.1. The lowest BCUT2D eigenvalue weighted by Crippen LogP contribution is -1.96. The molecule has 3 aromatic carbocycles. The largest absolute Gasteiger partial charge is 0.489 e. The van der Waals surface area contributed by atoms with E-state index in [2.05, 4.69) is 65.3 Å². The summed E-state index contributed by atoms with van der Waals surface area (Å²) in [6.45, 7) is 2.75. The summed E-state index contributed by atoms with van der Waals surface area (Å²) in [6, 6.07) is 25.0. The van der Waals surface area contributed by atoms with Crippen LogP contribution in [0, 0.1) is 6.92 Å². The molecule has 0 unspecified atom stereocenters. The van der Waals surface area contributed by atoms with Gasteiger partial charge in [-0.1, -0.05) is 64.5 Å². The quantitative estimate of drug-likeness (QED) is 0.543. The monoisotopic (exact) mass is 366 g/mol. The molecule has 1 nitrogen and oxygen atoms in total. The first-order chi connectivity index (χ1) is 11.2. The van der Waals surface area contributed by atoms with Gasteiger partial charge in [0, 0.05) is 4.47 Å². The first-order valence-electron chi connectivity index (χ1n) is 7.71. The summed E-state index contributed by atoms with van der Waals surface area (Å²) in [7, 11) is 0. The minimum absolute atomic E-state index is 0.603. The molecular weight excluding hydrogens is 348 g/mol. The molecule has 0 aliphatic carbocycles. The summed E-state index contributed by atoms with van der Waals surface area (Å²) in [6.07, 6.45) is 0.943. The van der Waals surface area contributed by atoms with Gasteiger partial charge in [0.25, 0.3) is 0 Å². The van der Waals surface area contributed by atoms with E-state index >= 15 is 0 Å². The molecule has 0 aliphatic heterocycles. The summed E-state index contributed by atoms with van der Waals surface area (Å²) in [4.78, 5) is 0. The highest BCUT2D eigenvalue weighted by Gasteiger charge is 2.02. The standard InChI is InChI=1S/C21H19BrO/c1-16-13-20(22)10-9-19(16)14-17-7-11-21(12-8-17)23-15-18-5-3-2-4-6-18/h2-13H,14-15H2,1H3. The Bertz CT molecular complexity index is 764. The van der Waals surface area contributed by atoms with Gasteiger partial charge in [-0.3, -0.25) is 0 Å². The Morgan fingerprint density at radius 2 is 1.57 bits per heavy atom. The molecule has 0 amide bonds. The van der Waals surface area contributed by atoms with Crippen LogP contribution in [-0.2, 0) is 13.0 Å². The van der Waals surface area contributed by atoms with Gasteiger partial charge >= 0.3 is 0 Å². The fraction of sp³-hybridized carbons (Fsp3) is 0.143. The van der Waals surface area contributed by atoms with Crippen molar-refractivity contribution >= 4 is 15.9 Å². The number of hydrogen-bond acceptors (Lipinski definition) is 1. The first-order valence-corrected chi connectivity index (χ1v) is 8.51. The number of ether oxygens (including phenoxy) is 1. The van der Waals surface area contributed by atoms with E-state index in [1.807, 2.05) is 30.3 Å². The van der Waals surface area contributed by atoms with Crippen LogP contribution in [0.5, 0.6) is 5.75 Å². The van der Waals surface area contributed by atoms with Gasteiger partial charge in [-0.2, -0.15) is 0 Å². The van der Waals surface area contributed by atoms with E-state index in [1.165, 1.54) is 22.3 Å². The molecule has 0 atom stereocenters. The summed E-state index contributed by atoms with van der Waals surface area (Å²) >= 11 is 3.51. The molecule has 0 heterocycles. The van der Waals surface area contributed by atoms with E-state index in [0.29, 0.717) is 6.61 Å². The molecule has 116 valence electrons. The summed E-state index contributed by atoms with van der Waals surface area (Å²) < 4.78 is 6.96. The van der Waals surface area contributed by atoms with Gasteiger partial charge in [0.2, 0.25) is 0 Å². The number of rotatable bonds is 5. The van der Waals surface area contributed by atoms with Crippen molar-refractivity contribution in [2.75, 3.05) is 0 Å². The van der Waals surface area contributed by atoms with E-state index < -0.39 is 0 Å². The molecule has 0 N–H and O–H groups in total. The van der Waals surface area contributed by atoms with Crippen LogP contribution in [0.25, 0.3) is 0 Å². The van der Waals surface area contributed by atoms with Gasteiger partial charge in [-0.05, 0) is 59.9 Å². The molecule has 3 aromatic rings. The Balaban J connectivity index is 1.63. The van der Waals surface area contributed by atoms with E-state index in [0.717, 1.165) is 16.6 Å². The van der Waals surface area contributed by atoms with Crippen molar-refractivity contribution in [2.24, 2.45) is 0 Å². The zero-order valence-electron chi connectivity index (χ0n) is 13.1. The summed E-state index contributed by atoms with van der Waals surface area (Å²) in [5.41, 5.74) is 5.14. The molecule has 0 saturated carbocycles. The van der Waals surface area contributed by atoms with Crippen LogP contribution in [0.1, 0.15) is 22.3 Å². The summed E-state index contributed by atoms with van der Waals surface area (Å²) in [5, 5.41) is 0. The minimum atomic E-state index is 0.603. The molecule has 0 aromatic heterocycles. The number of hydrogen-bond donors (Lipinski definition) is 0. The molecule has 0 saturated heterocycles. The van der Waals surface area contributed by atoms with Gasteiger partial charge in [-0.25, -0.2) is 0 Å². The second-order valence-electron chi connectivity index (χ2n) is 5.67. The second-order valence-corrected chi connectivity index (χ2v) is 6.58. The molecule has 0 fully saturated rings. The lowest BCUT2D eigenvalue weighted by atomic mass is 10.0. The van der Waals surface area contributed by atoms with Crippen LogP contribution in [-0.4, -0.2) is 0 Å². The molecule has 0 bridgehead atoms. The predicted octanol–water partition coefficient (Wildman–Crippen LogP) is 5.93. The zero-order valence-corrected chi connectivity index (χ0v) is 14.7. The lowest BCUT2D eigenvalue weighted by Gasteiger charge is -2.09. The van der Waals surface area contributed by atoms with Crippen molar-refractivity contribution in [2.45, 2.75) is 20.0 Å². The summed E-state index contributed by atoms with van der Waals surface area (Å²) in [5.74, 6) is 0.908. The molecule has 2 heteroatoms. The van der Waals surface area contributed by atoms with Crippen molar-refractivity contribution in [1.29, 1.82) is 0 Å². The minimum Gasteiger partial charge on any atom is -0.489 e. The molecule has 23 heavy (non-hydrogen) atoms. The Labute approximate surface area is 146 Å². The van der Waals surface area contributed by atoms with E-state index in [4.69, 9.17) is 4.74 Å². The van der Waals surface area contributed by atoms with E-state index in [9.17, 15) is 0 Å². The Morgan fingerprint density at radius 3 is 2.26 bits per heavy atom. The van der Waals surface area contributed by atoms with Crippen molar-refractivity contribution in [3.8, 4) is 5.75 Å². The number of benzene rings is 3. The van der Waals surface area contributed by atoms with Crippen molar-refractivity contribution in [3.05, 3.63) is 99.5 Å². The molecule has 3 rings (SSSR count). The van der Waals surface area contributed by atoms with Gasteiger partial charge in [-0.15, -0.1) is 0 Å². The SMILES string of the molecule is Cc1cc(Br)ccc1Cc1ccc(OCc2ccccc2)cc1. The molecule has 0 radical (unpaired) electrons. The van der Waals surface area contributed by atoms with Gasteiger partial charge < -0.3 is 4.74 Å². The van der Waals surface area contributed by atoms with Crippen LogP contribution < -0.4 is 4.74 Å². The maximum absolute atomic E-state index is 5.83. The number of aryl methyl sites for hydroxylation is 1. The Hall–Kier alpha value is -2.06. The fourth-order valence-electron chi connectivity index (χ4n) is 2.52. The Morgan fingerprint density at radius 1 is 0.826 bits per heavy atom. The first kappa shape index (κ1) is 15.8. The smallest absolute Gasteiger partial charge is 0.119 e. The average Bonchev–Trinajstić information content (AvgIpc) is 2.58. The maximum Gasteiger partial charge on any atom is 0.119 e. The van der Waals surface area contributed by atoms with Gasteiger partial charge in [0.15, 0.2) is 0 Å². The van der Waals surface area contributed by atoms with Crippen molar-refractivity contribution < 1.29 is 4.74 Å². The van der Waals surface area contributed by atoms with Gasteiger partial charge in [0.1, 0.15) is 12.4 Å². The van der Waals surface area contributed by atoms with Crippen LogP contribution in [0.15, 0.2) is 77.3 Å². The highest BCUT2D eigenvalue weighted by Crippen LogP contribution is 2.20. The van der Waals surface area contributed by atoms with Crippen LogP contribution in [0.3, 0.4) is 0 Å². The highest BCUT2D eigenvalue weighted by molar-refractivity contribution is 9.10. The number of halogens is 1. The Kier molecular flexibility index (Phi) is 5.14. The van der Waals surface area contributed by atoms with Crippen LogP contribution in [0.2, 0.25) is 0 Å². The van der Waals surface area contributed by atoms with E-state index in [-0.39, 0.29) is 0 Å². The van der Waals surface area contributed by atoms with E-state index in [1.54, 1.807) is 0 Å². The third kappa shape index (κ3) is 4.46. The fourth-order valence-corrected chi connectivity index (χ4v) is 3.00. The molecule has 0 spiro atoms.